The second-order valence-electron chi connectivity index (χ2n) is 5.78. The van der Waals surface area contributed by atoms with Gasteiger partial charge in [0.2, 0.25) is 0 Å². The Kier molecular flexibility index (Phi) is 4.17. The van der Waals surface area contributed by atoms with E-state index >= 15 is 0 Å². The minimum Gasteiger partial charge on any atom is -0.359 e. The highest BCUT2D eigenvalue weighted by Crippen LogP contribution is 2.28. The van der Waals surface area contributed by atoms with E-state index < -0.39 is 0 Å². The van der Waals surface area contributed by atoms with E-state index in [1.54, 1.807) is 0 Å². The summed E-state index contributed by atoms with van der Waals surface area (Å²) in [6, 6.07) is 0. The predicted molar refractivity (Wildman–Crippen MR) is 73.2 cm³/mol. The predicted octanol–water partition coefficient (Wildman–Crippen LogP) is 3.43. The fourth-order valence-corrected chi connectivity index (χ4v) is 3.66. The van der Waals surface area contributed by atoms with Crippen LogP contribution in [0.1, 0.15) is 52.4 Å². The summed E-state index contributed by atoms with van der Waals surface area (Å²) in [7, 11) is 0. The smallest absolute Gasteiger partial charge is 0.157 e. The van der Waals surface area contributed by atoms with Gasteiger partial charge >= 0.3 is 0 Å². The van der Waals surface area contributed by atoms with Crippen molar-refractivity contribution in [3.63, 3.8) is 0 Å². The summed E-state index contributed by atoms with van der Waals surface area (Å²) in [5.41, 5.74) is 0.245. The summed E-state index contributed by atoms with van der Waals surface area (Å²) < 4.78 is 0. The van der Waals surface area contributed by atoms with Gasteiger partial charge in [-0.2, -0.15) is 0 Å². The molecule has 2 aliphatic rings. The molecule has 1 heterocycles. The molecule has 0 bridgehead atoms. The molecule has 3 heteroatoms. The van der Waals surface area contributed by atoms with Gasteiger partial charge in [0.1, 0.15) is 0 Å². The molecule has 2 nitrogen and oxygen atoms in total. The van der Waals surface area contributed by atoms with Crippen LogP contribution in [0.5, 0.6) is 0 Å². The largest absolute Gasteiger partial charge is 0.359 e. The first-order chi connectivity index (χ1) is 7.66. The van der Waals surface area contributed by atoms with Crippen molar-refractivity contribution in [3.05, 3.63) is 0 Å². The highest BCUT2D eigenvalue weighted by Gasteiger charge is 2.26. The third-order valence-corrected chi connectivity index (χ3v) is 4.89. The number of thioether (sulfide) groups is 1. The van der Waals surface area contributed by atoms with E-state index in [1.807, 2.05) is 11.8 Å². The molecule has 0 atom stereocenters. The lowest BCUT2D eigenvalue weighted by Gasteiger charge is -2.15. The molecule has 1 saturated heterocycles. The molecule has 0 aromatic heterocycles. The van der Waals surface area contributed by atoms with Gasteiger partial charge in [-0.3, -0.25) is 4.99 Å². The quantitative estimate of drug-likeness (QED) is 0.761. The van der Waals surface area contributed by atoms with Crippen LogP contribution in [0.4, 0.5) is 0 Å². The van der Waals surface area contributed by atoms with E-state index in [4.69, 9.17) is 0 Å². The summed E-state index contributed by atoms with van der Waals surface area (Å²) in [5, 5.41) is 4.63. The number of hydrogen-bond donors (Lipinski definition) is 1. The van der Waals surface area contributed by atoms with Crippen LogP contribution in [0.25, 0.3) is 0 Å². The first kappa shape index (κ1) is 12.3. The van der Waals surface area contributed by atoms with Gasteiger partial charge in [0.15, 0.2) is 5.17 Å². The maximum absolute atomic E-state index is 4.65. The molecule has 0 spiro atoms. The highest BCUT2D eigenvalue weighted by molar-refractivity contribution is 8.14. The van der Waals surface area contributed by atoms with Crippen LogP contribution in [0.15, 0.2) is 4.99 Å². The molecule has 1 aliphatic heterocycles. The van der Waals surface area contributed by atoms with Crippen LogP contribution < -0.4 is 5.32 Å². The van der Waals surface area contributed by atoms with Crippen molar-refractivity contribution in [1.29, 1.82) is 0 Å². The zero-order chi connectivity index (χ0) is 11.4. The van der Waals surface area contributed by atoms with Crippen molar-refractivity contribution >= 4 is 16.9 Å². The van der Waals surface area contributed by atoms with Crippen LogP contribution >= 0.6 is 11.8 Å². The third kappa shape index (κ3) is 3.69. The molecular weight excluding hydrogens is 216 g/mol. The van der Waals surface area contributed by atoms with Crippen molar-refractivity contribution in [1.82, 2.24) is 5.32 Å². The van der Waals surface area contributed by atoms with E-state index in [9.17, 15) is 0 Å². The van der Waals surface area contributed by atoms with E-state index in [1.165, 1.54) is 38.5 Å². The van der Waals surface area contributed by atoms with Gasteiger partial charge in [-0.15, -0.1) is 0 Å². The third-order valence-electron chi connectivity index (χ3n) is 3.52. The molecule has 0 aromatic rings. The maximum Gasteiger partial charge on any atom is 0.157 e. The van der Waals surface area contributed by atoms with Crippen LogP contribution in [0, 0.1) is 5.92 Å². The van der Waals surface area contributed by atoms with Gasteiger partial charge in [-0.1, -0.05) is 37.4 Å². The van der Waals surface area contributed by atoms with Gasteiger partial charge in [-0.25, -0.2) is 0 Å². The van der Waals surface area contributed by atoms with E-state index in [-0.39, 0.29) is 5.54 Å². The number of hydrogen-bond acceptors (Lipinski definition) is 2. The molecule has 0 amide bonds. The summed E-state index contributed by atoms with van der Waals surface area (Å²) in [6.07, 6.45) is 8.53. The molecular formula is C13H24N2S. The molecule has 92 valence electrons. The van der Waals surface area contributed by atoms with E-state index in [2.05, 4.69) is 24.2 Å². The Bertz CT molecular complexity index is 255. The van der Waals surface area contributed by atoms with Crippen LogP contribution in [-0.4, -0.2) is 23.0 Å². The summed E-state index contributed by atoms with van der Waals surface area (Å²) in [4.78, 5) is 4.65. The molecule has 16 heavy (non-hydrogen) atoms. The Balaban J connectivity index is 1.62. The van der Waals surface area contributed by atoms with Crippen LogP contribution in [0.2, 0.25) is 0 Å². The van der Waals surface area contributed by atoms with Gasteiger partial charge < -0.3 is 5.32 Å². The van der Waals surface area contributed by atoms with E-state index in [0.717, 1.165) is 23.4 Å². The van der Waals surface area contributed by atoms with Gasteiger partial charge in [0.25, 0.3) is 0 Å². The second-order valence-corrected chi connectivity index (χ2v) is 6.74. The lowest BCUT2D eigenvalue weighted by Crippen LogP contribution is -2.36. The first-order valence-electron chi connectivity index (χ1n) is 6.61. The molecule has 2 rings (SSSR count). The van der Waals surface area contributed by atoms with Gasteiger partial charge in [0.05, 0.1) is 0 Å². The van der Waals surface area contributed by atoms with Crippen molar-refractivity contribution in [2.45, 2.75) is 57.9 Å². The van der Waals surface area contributed by atoms with E-state index in [0.29, 0.717) is 0 Å². The maximum atomic E-state index is 4.65. The minimum absolute atomic E-state index is 0.245. The average Bonchev–Trinajstić information content (AvgIpc) is 2.82. The topological polar surface area (TPSA) is 24.4 Å². The van der Waals surface area contributed by atoms with Crippen molar-refractivity contribution < 1.29 is 0 Å². The monoisotopic (exact) mass is 240 g/mol. The fourth-order valence-electron chi connectivity index (χ4n) is 2.56. The standard InChI is InChI=1S/C13H24N2S/c1-13(2)10-16-12(15-13)14-9-5-8-11-6-3-4-7-11/h11H,3-10H2,1-2H3,(H,14,15). The molecule has 0 unspecified atom stereocenters. The molecule has 0 aromatic carbocycles. The van der Waals surface area contributed by atoms with Gasteiger partial charge in [-0.05, 0) is 32.6 Å². The highest BCUT2D eigenvalue weighted by atomic mass is 32.2. The Morgan fingerprint density at radius 1 is 1.38 bits per heavy atom. The van der Waals surface area contributed by atoms with Crippen molar-refractivity contribution in [2.75, 3.05) is 12.3 Å². The molecule has 1 aliphatic carbocycles. The first-order valence-corrected chi connectivity index (χ1v) is 7.60. The Hall–Kier alpha value is -0.180. The zero-order valence-corrected chi connectivity index (χ0v) is 11.4. The Morgan fingerprint density at radius 2 is 2.12 bits per heavy atom. The molecule has 2 fully saturated rings. The SMILES string of the molecule is CC1(C)CSC(=NCCCC2CCCC2)N1. The second kappa shape index (κ2) is 5.44. The lowest BCUT2D eigenvalue weighted by atomic mass is 10.0. The zero-order valence-electron chi connectivity index (χ0n) is 10.6. The normalized spacial score (nSPS) is 27.5. The fraction of sp³-hybridized carbons (Fsp3) is 0.923. The summed E-state index contributed by atoms with van der Waals surface area (Å²) in [6.45, 7) is 5.49. The molecule has 1 N–H and O–H groups in total. The number of aliphatic imine (C=N–C) groups is 1. The van der Waals surface area contributed by atoms with Crippen LogP contribution in [-0.2, 0) is 0 Å². The van der Waals surface area contributed by atoms with Crippen molar-refractivity contribution in [3.8, 4) is 0 Å². The summed E-state index contributed by atoms with van der Waals surface area (Å²) in [5.74, 6) is 2.16. The number of nitrogens with one attached hydrogen (secondary N) is 1. The molecule has 1 saturated carbocycles. The Labute approximate surface area is 104 Å². The van der Waals surface area contributed by atoms with Gasteiger partial charge in [0, 0.05) is 17.8 Å². The average molecular weight is 240 g/mol. The molecule has 0 radical (unpaired) electrons. The number of nitrogens with zero attached hydrogens (tertiary/aromatic N) is 1. The number of amidine groups is 1. The number of rotatable bonds is 4. The minimum atomic E-state index is 0.245. The lowest BCUT2D eigenvalue weighted by molar-refractivity contribution is 0.487. The van der Waals surface area contributed by atoms with Crippen molar-refractivity contribution in [2.24, 2.45) is 10.9 Å². The Morgan fingerprint density at radius 3 is 2.75 bits per heavy atom. The summed E-state index contributed by atoms with van der Waals surface area (Å²) >= 11 is 1.87. The van der Waals surface area contributed by atoms with Crippen LogP contribution in [0.3, 0.4) is 0 Å².